The lowest BCUT2D eigenvalue weighted by Crippen LogP contribution is -2.42. The minimum Gasteiger partial charge on any atom is -0.369 e. The number of nitrogens with zero attached hydrogens (tertiary/aromatic N) is 2. The number of piperidine rings is 1. The minimum atomic E-state index is -0.171. The Bertz CT molecular complexity index is 826. The molecule has 4 N–H and O–H groups in total. The number of para-hydroxylation sites is 1. The van der Waals surface area contributed by atoms with Crippen LogP contribution in [0.3, 0.4) is 0 Å². The number of nitrogens with two attached hydrogens (primary N) is 1. The molecule has 1 saturated heterocycles. The number of hydrogen-bond donors (Lipinski definition) is 3. The highest BCUT2D eigenvalue weighted by molar-refractivity contribution is 14.0. The SMILES string of the molecule is Cc1ccc(CN=C(NCCCN2CCCC(C(N)=O)C2)Nc2ccccc2)cc1.I. The molecule has 2 aromatic carbocycles. The van der Waals surface area contributed by atoms with Crippen molar-refractivity contribution in [2.24, 2.45) is 16.6 Å². The zero-order chi connectivity index (χ0) is 21.2. The van der Waals surface area contributed by atoms with Crippen LogP contribution in [0.4, 0.5) is 5.69 Å². The van der Waals surface area contributed by atoms with Crippen LogP contribution < -0.4 is 16.4 Å². The van der Waals surface area contributed by atoms with Crippen molar-refractivity contribution in [1.29, 1.82) is 0 Å². The summed E-state index contributed by atoms with van der Waals surface area (Å²) >= 11 is 0. The molecule has 1 atom stereocenters. The molecule has 0 saturated carbocycles. The maximum atomic E-state index is 11.5. The highest BCUT2D eigenvalue weighted by atomic mass is 127. The predicted molar refractivity (Wildman–Crippen MR) is 139 cm³/mol. The van der Waals surface area contributed by atoms with E-state index in [1.165, 1.54) is 11.1 Å². The normalized spacial score (nSPS) is 16.9. The smallest absolute Gasteiger partial charge is 0.221 e. The summed E-state index contributed by atoms with van der Waals surface area (Å²) in [6, 6.07) is 18.5. The summed E-state index contributed by atoms with van der Waals surface area (Å²) in [5.74, 6) is 0.601. The average molecular weight is 535 g/mol. The molecule has 1 aliphatic heterocycles. The summed E-state index contributed by atoms with van der Waals surface area (Å²) < 4.78 is 0. The molecule has 0 aromatic heterocycles. The molecule has 1 heterocycles. The first kappa shape index (κ1) is 25.1. The monoisotopic (exact) mass is 535 g/mol. The van der Waals surface area contributed by atoms with Crippen molar-refractivity contribution in [3.63, 3.8) is 0 Å². The first-order valence-corrected chi connectivity index (χ1v) is 10.8. The molecule has 6 nitrogen and oxygen atoms in total. The number of benzene rings is 2. The summed E-state index contributed by atoms with van der Waals surface area (Å²) in [4.78, 5) is 18.6. The van der Waals surface area contributed by atoms with Crippen molar-refractivity contribution >= 4 is 41.5 Å². The topological polar surface area (TPSA) is 82.8 Å². The number of nitrogens with one attached hydrogen (secondary N) is 2. The number of anilines is 1. The number of carbonyl (C=O) groups excluding carboxylic acids is 1. The highest BCUT2D eigenvalue weighted by Gasteiger charge is 2.23. The van der Waals surface area contributed by atoms with E-state index in [1.54, 1.807) is 0 Å². The fourth-order valence-electron chi connectivity index (χ4n) is 3.66. The van der Waals surface area contributed by atoms with E-state index in [0.717, 1.165) is 57.1 Å². The van der Waals surface area contributed by atoms with Gasteiger partial charge in [-0.2, -0.15) is 0 Å². The Hall–Kier alpha value is -2.13. The van der Waals surface area contributed by atoms with Crippen molar-refractivity contribution in [3.8, 4) is 0 Å². The molecule has 0 spiro atoms. The van der Waals surface area contributed by atoms with Crippen molar-refractivity contribution in [2.45, 2.75) is 32.7 Å². The molecule has 7 heteroatoms. The summed E-state index contributed by atoms with van der Waals surface area (Å²) in [6.07, 6.45) is 2.94. The van der Waals surface area contributed by atoms with Crippen LogP contribution in [0.5, 0.6) is 0 Å². The zero-order valence-corrected chi connectivity index (χ0v) is 20.5. The Morgan fingerprint density at radius 2 is 1.90 bits per heavy atom. The van der Waals surface area contributed by atoms with Crippen molar-refractivity contribution in [2.75, 3.05) is 31.5 Å². The van der Waals surface area contributed by atoms with Crippen LogP contribution in [-0.2, 0) is 11.3 Å². The number of halogens is 1. The van der Waals surface area contributed by atoms with Gasteiger partial charge >= 0.3 is 0 Å². The quantitative estimate of drug-likeness (QED) is 0.208. The summed E-state index contributed by atoms with van der Waals surface area (Å²) in [6.45, 7) is 6.30. The molecule has 1 unspecified atom stereocenters. The van der Waals surface area contributed by atoms with E-state index in [0.29, 0.717) is 6.54 Å². The standard InChI is InChI=1S/C24H33N5O.HI/c1-19-10-12-20(13-11-19)17-27-24(28-22-8-3-2-4-9-22)26-14-6-16-29-15-5-7-21(18-29)23(25)30;/h2-4,8-13,21H,5-7,14-18H2,1H3,(H2,25,30)(H2,26,27,28);1H. The van der Waals surface area contributed by atoms with Gasteiger partial charge in [0.15, 0.2) is 5.96 Å². The van der Waals surface area contributed by atoms with Crippen LogP contribution in [0, 0.1) is 12.8 Å². The van der Waals surface area contributed by atoms with E-state index in [-0.39, 0.29) is 35.8 Å². The van der Waals surface area contributed by atoms with Gasteiger partial charge in [0.2, 0.25) is 5.91 Å². The number of amides is 1. The van der Waals surface area contributed by atoms with Crippen LogP contribution in [0.15, 0.2) is 59.6 Å². The van der Waals surface area contributed by atoms with Crippen molar-refractivity contribution in [3.05, 3.63) is 65.7 Å². The second kappa shape index (κ2) is 13.3. The molecule has 31 heavy (non-hydrogen) atoms. The Kier molecular flexibility index (Phi) is 10.8. The van der Waals surface area contributed by atoms with E-state index >= 15 is 0 Å². The van der Waals surface area contributed by atoms with Crippen LogP contribution in [0.25, 0.3) is 0 Å². The van der Waals surface area contributed by atoms with Gasteiger partial charge in [0.25, 0.3) is 0 Å². The lowest BCUT2D eigenvalue weighted by Gasteiger charge is -2.31. The van der Waals surface area contributed by atoms with Crippen LogP contribution in [0.1, 0.15) is 30.4 Å². The van der Waals surface area contributed by atoms with Gasteiger partial charge in [0.05, 0.1) is 12.5 Å². The van der Waals surface area contributed by atoms with Gasteiger partial charge in [-0.1, -0.05) is 48.0 Å². The summed E-state index contributed by atoms with van der Waals surface area (Å²) in [5.41, 5.74) is 8.92. The van der Waals surface area contributed by atoms with Gasteiger partial charge in [0.1, 0.15) is 0 Å². The first-order valence-electron chi connectivity index (χ1n) is 10.8. The number of likely N-dealkylation sites (tertiary alicyclic amines) is 1. The molecule has 3 rings (SSSR count). The number of carbonyl (C=O) groups is 1. The third kappa shape index (κ3) is 8.86. The second-order valence-electron chi connectivity index (χ2n) is 7.96. The minimum absolute atomic E-state index is 0. The average Bonchev–Trinajstić information content (AvgIpc) is 2.77. The van der Waals surface area contributed by atoms with E-state index in [9.17, 15) is 4.79 Å². The number of primary amides is 1. The highest BCUT2D eigenvalue weighted by Crippen LogP contribution is 2.16. The van der Waals surface area contributed by atoms with E-state index in [1.807, 2.05) is 30.3 Å². The summed E-state index contributed by atoms with van der Waals surface area (Å²) in [7, 11) is 0. The Morgan fingerprint density at radius 3 is 2.61 bits per heavy atom. The molecule has 1 amide bonds. The number of guanidine groups is 1. The van der Waals surface area contributed by atoms with E-state index in [2.05, 4.69) is 46.7 Å². The molecule has 0 bridgehead atoms. The number of aliphatic imine (C=N–C) groups is 1. The maximum Gasteiger partial charge on any atom is 0.221 e. The van der Waals surface area contributed by atoms with E-state index < -0.39 is 0 Å². The molecule has 0 aliphatic carbocycles. The van der Waals surface area contributed by atoms with Gasteiger partial charge in [0, 0.05) is 18.8 Å². The lowest BCUT2D eigenvalue weighted by molar-refractivity contribution is -0.123. The van der Waals surface area contributed by atoms with Gasteiger partial charge in [-0.25, -0.2) is 4.99 Å². The molecular weight excluding hydrogens is 501 g/mol. The maximum absolute atomic E-state index is 11.5. The zero-order valence-electron chi connectivity index (χ0n) is 18.2. The fourth-order valence-corrected chi connectivity index (χ4v) is 3.66. The molecule has 1 fully saturated rings. The molecule has 0 radical (unpaired) electrons. The Morgan fingerprint density at radius 1 is 1.16 bits per heavy atom. The third-order valence-electron chi connectivity index (χ3n) is 5.43. The largest absolute Gasteiger partial charge is 0.369 e. The van der Waals surface area contributed by atoms with Gasteiger partial charge < -0.3 is 21.3 Å². The van der Waals surface area contributed by atoms with E-state index in [4.69, 9.17) is 10.7 Å². The third-order valence-corrected chi connectivity index (χ3v) is 5.43. The second-order valence-corrected chi connectivity index (χ2v) is 7.96. The van der Waals surface area contributed by atoms with Gasteiger partial charge in [-0.3, -0.25) is 4.79 Å². The van der Waals surface area contributed by atoms with Crippen LogP contribution in [-0.4, -0.2) is 42.9 Å². The number of rotatable bonds is 8. The Balaban J connectivity index is 0.00000341. The van der Waals surface area contributed by atoms with Crippen molar-refractivity contribution in [1.82, 2.24) is 10.2 Å². The molecule has 1 aliphatic rings. The van der Waals surface area contributed by atoms with Crippen LogP contribution in [0.2, 0.25) is 0 Å². The predicted octanol–water partition coefficient (Wildman–Crippen LogP) is 3.76. The lowest BCUT2D eigenvalue weighted by atomic mass is 9.97. The molecule has 168 valence electrons. The fraction of sp³-hybridized carbons (Fsp3) is 0.417. The Labute approximate surface area is 202 Å². The van der Waals surface area contributed by atoms with Crippen LogP contribution >= 0.6 is 24.0 Å². The first-order chi connectivity index (χ1) is 14.6. The van der Waals surface area contributed by atoms with Gasteiger partial charge in [-0.15, -0.1) is 24.0 Å². The number of aryl methyl sites for hydroxylation is 1. The summed E-state index contributed by atoms with van der Waals surface area (Å²) in [5, 5.41) is 6.83. The number of hydrogen-bond acceptors (Lipinski definition) is 3. The molecule has 2 aromatic rings. The van der Waals surface area contributed by atoms with Gasteiger partial charge in [-0.05, 0) is 57.0 Å². The van der Waals surface area contributed by atoms with Crippen molar-refractivity contribution < 1.29 is 4.79 Å². The molecular formula is C24H34IN5O.